The Labute approximate surface area is 134 Å². The highest BCUT2D eigenvalue weighted by Gasteiger charge is 2.15. The molecule has 2 aromatic rings. The van der Waals surface area contributed by atoms with E-state index in [1.54, 1.807) is 0 Å². The zero-order chi connectivity index (χ0) is 14.2. The molecule has 1 heterocycles. The Bertz CT molecular complexity index is 627. The fraction of sp³-hybridized carbons (Fsp3) is 0.286. The molecule has 0 unspecified atom stereocenters. The number of halogens is 3. The zero-order valence-electron chi connectivity index (χ0n) is 10.8. The molecule has 0 fully saturated rings. The van der Waals surface area contributed by atoms with Gasteiger partial charge in [0, 0.05) is 10.0 Å². The van der Waals surface area contributed by atoms with Crippen molar-refractivity contribution in [2.75, 3.05) is 0 Å². The minimum absolute atomic E-state index is 0.280. The topological polar surface area (TPSA) is 25.8 Å². The van der Waals surface area contributed by atoms with E-state index in [-0.39, 0.29) is 5.92 Å². The molecule has 0 atom stereocenters. The second kappa shape index (κ2) is 5.90. The van der Waals surface area contributed by atoms with Gasteiger partial charge >= 0.3 is 0 Å². The SMILES string of the molecule is Cc1ccc(-c2nc(Cl)c(Br)c(C(C)C)n2)cc1Br. The molecule has 0 aliphatic carbocycles. The molecule has 100 valence electrons. The number of aryl methyl sites for hydroxylation is 1. The van der Waals surface area contributed by atoms with Gasteiger partial charge in [-0.25, -0.2) is 9.97 Å². The van der Waals surface area contributed by atoms with Crippen LogP contribution >= 0.6 is 43.5 Å². The monoisotopic (exact) mass is 402 g/mol. The number of nitrogens with zero attached hydrogens (tertiary/aromatic N) is 2. The van der Waals surface area contributed by atoms with E-state index in [2.05, 4.69) is 55.7 Å². The second-order valence-corrected chi connectivity index (χ2v) is 6.66. The molecule has 2 nitrogen and oxygen atoms in total. The van der Waals surface area contributed by atoms with Crippen molar-refractivity contribution in [3.05, 3.63) is 43.6 Å². The maximum atomic E-state index is 6.17. The first-order valence-corrected chi connectivity index (χ1v) is 7.86. The molecule has 0 aliphatic rings. The Morgan fingerprint density at radius 2 is 1.84 bits per heavy atom. The van der Waals surface area contributed by atoms with Crippen molar-refractivity contribution in [3.8, 4) is 11.4 Å². The van der Waals surface area contributed by atoms with Crippen molar-refractivity contribution < 1.29 is 0 Å². The van der Waals surface area contributed by atoms with Crippen LogP contribution in [0.2, 0.25) is 5.15 Å². The fourth-order valence-electron chi connectivity index (χ4n) is 1.68. The van der Waals surface area contributed by atoms with Crippen LogP contribution in [0, 0.1) is 6.92 Å². The van der Waals surface area contributed by atoms with Crippen molar-refractivity contribution in [2.45, 2.75) is 26.7 Å². The largest absolute Gasteiger partial charge is 0.232 e. The van der Waals surface area contributed by atoms with E-state index in [0.29, 0.717) is 11.0 Å². The van der Waals surface area contributed by atoms with Crippen molar-refractivity contribution in [3.63, 3.8) is 0 Å². The number of benzene rings is 1. The second-order valence-electron chi connectivity index (χ2n) is 4.66. The lowest BCUT2D eigenvalue weighted by molar-refractivity contribution is 0.809. The lowest BCUT2D eigenvalue weighted by Crippen LogP contribution is -2.00. The van der Waals surface area contributed by atoms with Crippen LogP contribution < -0.4 is 0 Å². The van der Waals surface area contributed by atoms with Crippen LogP contribution in [0.3, 0.4) is 0 Å². The van der Waals surface area contributed by atoms with Crippen LogP contribution in [0.4, 0.5) is 0 Å². The third-order valence-corrected chi connectivity index (χ3v) is 4.95. The summed E-state index contributed by atoms with van der Waals surface area (Å²) in [6, 6.07) is 6.05. The van der Waals surface area contributed by atoms with Crippen LogP contribution in [0.15, 0.2) is 27.1 Å². The van der Waals surface area contributed by atoms with E-state index in [0.717, 1.165) is 20.2 Å². The van der Waals surface area contributed by atoms with Gasteiger partial charge in [0.2, 0.25) is 0 Å². The molecule has 0 N–H and O–H groups in total. The van der Waals surface area contributed by atoms with Gasteiger partial charge in [-0.2, -0.15) is 0 Å². The van der Waals surface area contributed by atoms with E-state index < -0.39 is 0 Å². The first kappa shape index (κ1) is 14.9. The summed E-state index contributed by atoms with van der Waals surface area (Å²) in [5.41, 5.74) is 3.05. The molecule has 2 rings (SSSR count). The van der Waals surface area contributed by atoms with Crippen LogP contribution in [-0.2, 0) is 0 Å². The highest BCUT2D eigenvalue weighted by molar-refractivity contribution is 9.10. The summed E-state index contributed by atoms with van der Waals surface area (Å²) in [7, 11) is 0. The molecular formula is C14H13Br2ClN2. The molecule has 0 aliphatic heterocycles. The Balaban J connectivity index is 2.59. The summed E-state index contributed by atoms with van der Waals surface area (Å²) in [5, 5.41) is 0.449. The van der Waals surface area contributed by atoms with Gasteiger partial charge in [0.1, 0.15) is 5.15 Å². The summed E-state index contributed by atoms with van der Waals surface area (Å²) >= 11 is 13.1. The van der Waals surface area contributed by atoms with Crippen LogP contribution in [-0.4, -0.2) is 9.97 Å². The molecule has 0 spiro atoms. The molecule has 5 heteroatoms. The third-order valence-electron chi connectivity index (χ3n) is 2.81. The van der Waals surface area contributed by atoms with Crippen molar-refractivity contribution in [1.29, 1.82) is 0 Å². The number of aromatic nitrogens is 2. The lowest BCUT2D eigenvalue weighted by Gasteiger charge is -2.11. The molecule has 0 saturated heterocycles. The molecule has 1 aromatic carbocycles. The van der Waals surface area contributed by atoms with Gasteiger partial charge in [-0.15, -0.1) is 0 Å². The number of hydrogen-bond donors (Lipinski definition) is 0. The fourth-order valence-corrected chi connectivity index (χ4v) is 2.87. The number of rotatable bonds is 2. The molecule has 0 radical (unpaired) electrons. The van der Waals surface area contributed by atoms with E-state index in [4.69, 9.17) is 11.6 Å². The summed E-state index contributed by atoms with van der Waals surface area (Å²) in [4.78, 5) is 8.95. The van der Waals surface area contributed by atoms with E-state index in [1.807, 2.05) is 25.1 Å². The van der Waals surface area contributed by atoms with E-state index in [9.17, 15) is 0 Å². The quantitative estimate of drug-likeness (QED) is 0.595. The van der Waals surface area contributed by atoms with Crippen LogP contribution in [0.1, 0.15) is 31.0 Å². The minimum Gasteiger partial charge on any atom is -0.232 e. The molecule has 1 aromatic heterocycles. The highest BCUT2D eigenvalue weighted by atomic mass is 79.9. The van der Waals surface area contributed by atoms with Gasteiger partial charge in [0.15, 0.2) is 5.82 Å². The van der Waals surface area contributed by atoms with Crippen LogP contribution in [0.25, 0.3) is 11.4 Å². The van der Waals surface area contributed by atoms with E-state index >= 15 is 0 Å². The average Bonchev–Trinajstić information content (AvgIpc) is 2.35. The molecule has 0 amide bonds. The molecular weight excluding hydrogens is 391 g/mol. The van der Waals surface area contributed by atoms with Crippen LogP contribution in [0.5, 0.6) is 0 Å². The van der Waals surface area contributed by atoms with E-state index in [1.165, 1.54) is 5.56 Å². The van der Waals surface area contributed by atoms with Crippen molar-refractivity contribution in [1.82, 2.24) is 9.97 Å². The average molecular weight is 405 g/mol. The first-order chi connectivity index (χ1) is 8.90. The van der Waals surface area contributed by atoms with Crippen molar-refractivity contribution in [2.24, 2.45) is 0 Å². The smallest absolute Gasteiger partial charge is 0.161 e. The predicted molar refractivity (Wildman–Crippen MR) is 86.7 cm³/mol. The van der Waals surface area contributed by atoms with Gasteiger partial charge < -0.3 is 0 Å². The minimum atomic E-state index is 0.280. The summed E-state index contributed by atoms with van der Waals surface area (Å²) in [6.45, 7) is 6.21. The lowest BCUT2D eigenvalue weighted by atomic mass is 10.1. The van der Waals surface area contributed by atoms with Gasteiger partial charge in [-0.3, -0.25) is 0 Å². The Morgan fingerprint density at radius 1 is 1.16 bits per heavy atom. The summed E-state index contributed by atoms with van der Waals surface area (Å²) < 4.78 is 1.82. The standard InChI is InChI=1S/C14H13Br2ClN2/c1-7(2)12-11(16)13(17)19-14(18-12)9-5-4-8(3)10(15)6-9/h4-7H,1-3H3. The molecule has 19 heavy (non-hydrogen) atoms. The normalized spacial score (nSPS) is 11.1. The highest BCUT2D eigenvalue weighted by Crippen LogP contribution is 2.32. The van der Waals surface area contributed by atoms with Gasteiger partial charge in [0.05, 0.1) is 10.2 Å². The molecule has 0 saturated carbocycles. The predicted octanol–water partition coefficient (Wildman–Crippen LogP) is 5.75. The summed E-state index contributed by atoms with van der Waals surface area (Å²) in [5.74, 6) is 0.931. The maximum absolute atomic E-state index is 6.17. The maximum Gasteiger partial charge on any atom is 0.161 e. The summed E-state index contributed by atoms with van der Waals surface area (Å²) in [6.07, 6.45) is 0. The Kier molecular flexibility index (Phi) is 4.64. The van der Waals surface area contributed by atoms with Gasteiger partial charge in [0.25, 0.3) is 0 Å². The Morgan fingerprint density at radius 3 is 2.42 bits per heavy atom. The van der Waals surface area contributed by atoms with Gasteiger partial charge in [-0.05, 0) is 40.4 Å². The third kappa shape index (κ3) is 3.18. The molecule has 0 bridgehead atoms. The Hall–Kier alpha value is -0.450. The van der Waals surface area contributed by atoms with Gasteiger partial charge in [-0.1, -0.05) is 53.5 Å². The zero-order valence-corrected chi connectivity index (χ0v) is 14.8. The first-order valence-electron chi connectivity index (χ1n) is 5.89. The number of hydrogen-bond acceptors (Lipinski definition) is 2. The van der Waals surface area contributed by atoms with Crippen molar-refractivity contribution >= 4 is 43.5 Å².